The molecule has 0 spiro atoms. The van der Waals surface area contributed by atoms with E-state index in [4.69, 9.17) is 30.4 Å². The van der Waals surface area contributed by atoms with E-state index in [-0.39, 0.29) is 35.6 Å². The summed E-state index contributed by atoms with van der Waals surface area (Å²) >= 11 is 0. The molecule has 0 saturated carbocycles. The Bertz CT molecular complexity index is 3510. The first-order chi connectivity index (χ1) is 38.7. The number of morpholine rings is 2. The van der Waals surface area contributed by atoms with Crippen LogP contribution in [-0.2, 0) is 54.6 Å². The van der Waals surface area contributed by atoms with Crippen molar-refractivity contribution < 1.29 is 52.7 Å². The Morgan fingerprint density at radius 3 is 1.45 bits per heavy atom. The zero-order chi connectivity index (χ0) is 58.9. The molecule has 21 nitrogen and oxygen atoms in total. The van der Waals surface area contributed by atoms with Gasteiger partial charge < -0.3 is 40.5 Å². The Hall–Kier alpha value is -6.53. The van der Waals surface area contributed by atoms with Crippen LogP contribution in [0.3, 0.4) is 0 Å². The van der Waals surface area contributed by atoms with Crippen LogP contribution in [0.25, 0.3) is 11.3 Å². The van der Waals surface area contributed by atoms with Gasteiger partial charge in [0.2, 0.25) is 0 Å². The predicted molar refractivity (Wildman–Crippen MR) is 304 cm³/mol. The van der Waals surface area contributed by atoms with Crippen LogP contribution in [0, 0.1) is 13.8 Å². The molecule has 0 radical (unpaired) electrons. The van der Waals surface area contributed by atoms with Crippen LogP contribution in [0.2, 0.25) is 0 Å². The van der Waals surface area contributed by atoms with Crippen molar-refractivity contribution in [1.82, 2.24) is 43.9 Å². The van der Waals surface area contributed by atoms with Crippen molar-refractivity contribution in [2.75, 3.05) is 132 Å². The van der Waals surface area contributed by atoms with Gasteiger partial charge in [-0.1, -0.05) is 12.1 Å². The molecule has 4 aliphatic rings. The number of benzene rings is 2. The highest BCUT2D eigenvalue weighted by Crippen LogP contribution is 2.41. The molecule has 2 aromatic carbocycles. The average molecular weight is 1190 g/mol. The van der Waals surface area contributed by atoms with Gasteiger partial charge in [-0.2, -0.15) is 35.4 Å². The molecular formula is C53H69F6N15O6S2. The van der Waals surface area contributed by atoms with Crippen molar-refractivity contribution in [2.24, 2.45) is 4.99 Å². The van der Waals surface area contributed by atoms with E-state index in [0.717, 1.165) is 12.1 Å². The highest BCUT2D eigenvalue weighted by molar-refractivity contribution is 7.91. The number of halogens is 6. The first-order valence-corrected chi connectivity index (χ1v) is 30.8. The summed E-state index contributed by atoms with van der Waals surface area (Å²) in [5.41, 5.74) is 8.46. The zero-order valence-corrected chi connectivity index (χ0v) is 48.2. The molecule has 0 atom stereocenters. The maximum atomic E-state index is 14.3. The maximum absolute atomic E-state index is 14.3. The summed E-state index contributed by atoms with van der Waals surface area (Å²) in [6.07, 6.45) is -3.54. The Morgan fingerprint density at radius 2 is 1.05 bits per heavy atom. The second-order valence-electron chi connectivity index (χ2n) is 21.3. The number of fused-ring (bicyclic) bond motifs is 2. The van der Waals surface area contributed by atoms with Gasteiger partial charge in [0, 0.05) is 101 Å². The molecule has 4 saturated heterocycles. The van der Waals surface area contributed by atoms with Crippen molar-refractivity contribution in [1.29, 1.82) is 0 Å². The van der Waals surface area contributed by atoms with E-state index in [1.165, 1.54) is 29.2 Å². The lowest BCUT2D eigenvalue weighted by Gasteiger charge is -2.32. The van der Waals surface area contributed by atoms with Gasteiger partial charge in [0.05, 0.1) is 71.5 Å². The fraction of sp³-hybridized carbons (Fsp3) is 0.528. The summed E-state index contributed by atoms with van der Waals surface area (Å²) in [7, 11) is -2.69. The Balaban J connectivity index is 0.000000198. The summed E-state index contributed by atoms with van der Waals surface area (Å²) in [4.78, 5) is 23.5. The minimum atomic E-state index is -4.58. The molecule has 29 heteroatoms. The minimum Gasteiger partial charge on any atom is -0.396 e. The van der Waals surface area contributed by atoms with E-state index in [1.54, 1.807) is 47.8 Å². The second-order valence-corrected chi connectivity index (χ2v) is 26.0. The van der Waals surface area contributed by atoms with Gasteiger partial charge in [0.1, 0.15) is 25.4 Å². The standard InChI is InChI=1S/C28H37F3N8O3S.C25H32F3N7O3S/c1-19-26(39-27(33-19)24(32-18-36(2)3)16-25(35-39)38-12-14-42-15-13-38)34-23-7-5-6-22(28(29,30)31)21(23)17-37-10-8-20(9-11-37)43(4,40)41;1-16-23(35-24(30-16)20(29)14-22(32-35)34-10-12-38-13-11-34)31-21-5-3-4-19(25(26,27)28)18(21)15-33-8-6-17(7-9-33)39(2,36)37/h5-7,16,18,20,34H,8-15,17H2,1-4H3;3-5,14,17,31H,6-13,15,29H2,1-2H3. The van der Waals surface area contributed by atoms with Crippen LogP contribution < -0.4 is 26.2 Å². The van der Waals surface area contributed by atoms with Crippen molar-refractivity contribution in [3.8, 4) is 0 Å². The SMILES string of the molecule is Cc1nc2c(N)cc(N3CCOCC3)nn2c1Nc1cccc(C(F)(F)F)c1CN1CCC(S(C)(=O)=O)CC1.Cc1nc2c(N=CN(C)C)cc(N3CCOCC3)nn2c1Nc1cccc(C(F)(F)F)c1CN1CCC(S(C)(=O)=O)CC1. The largest absolute Gasteiger partial charge is 0.416 e. The number of aromatic nitrogens is 6. The molecule has 0 unspecified atom stereocenters. The van der Waals surface area contributed by atoms with E-state index in [9.17, 15) is 43.2 Å². The van der Waals surface area contributed by atoms with Crippen LogP contribution in [-0.4, -0.2) is 183 Å². The normalized spacial score (nSPS) is 17.9. The number of piperidine rings is 2. The second kappa shape index (κ2) is 24.4. The van der Waals surface area contributed by atoms with Gasteiger partial charge in [0.25, 0.3) is 0 Å². The monoisotopic (exact) mass is 1190 g/mol. The van der Waals surface area contributed by atoms with Crippen LogP contribution >= 0.6 is 0 Å². The predicted octanol–water partition coefficient (Wildman–Crippen LogP) is 7.10. The summed E-state index contributed by atoms with van der Waals surface area (Å²) < 4.78 is 147. The first-order valence-electron chi connectivity index (χ1n) is 26.9. The number of nitrogen functional groups attached to an aromatic ring is 1. The van der Waals surface area contributed by atoms with Crippen molar-refractivity contribution in [2.45, 2.75) is 75.5 Å². The minimum absolute atomic E-state index is 0.00904. The van der Waals surface area contributed by atoms with E-state index in [2.05, 4.69) is 25.5 Å². The Morgan fingerprint density at radius 1 is 0.646 bits per heavy atom. The molecular weight excluding hydrogens is 1120 g/mol. The fourth-order valence-corrected chi connectivity index (χ4v) is 12.8. The van der Waals surface area contributed by atoms with E-state index in [1.807, 2.05) is 34.9 Å². The number of imidazole rings is 2. The number of sulfone groups is 2. The smallest absolute Gasteiger partial charge is 0.396 e. The third-order valence-electron chi connectivity index (χ3n) is 15.1. The van der Waals surface area contributed by atoms with Gasteiger partial charge in [-0.15, -0.1) is 10.2 Å². The third-order valence-corrected chi connectivity index (χ3v) is 18.5. The molecule has 8 heterocycles. The number of aryl methyl sites for hydroxylation is 2. The Labute approximate surface area is 472 Å². The molecule has 4 aromatic heterocycles. The van der Waals surface area contributed by atoms with Gasteiger partial charge >= 0.3 is 12.4 Å². The number of nitrogens with one attached hydrogen (secondary N) is 2. The van der Waals surface area contributed by atoms with Gasteiger partial charge in [-0.3, -0.25) is 9.80 Å². The third kappa shape index (κ3) is 13.9. The lowest BCUT2D eigenvalue weighted by atomic mass is 10.0. The van der Waals surface area contributed by atoms with Crippen molar-refractivity contribution in [3.05, 3.63) is 82.2 Å². The van der Waals surface area contributed by atoms with Crippen LogP contribution in [0.1, 0.15) is 59.3 Å². The van der Waals surface area contributed by atoms with Crippen molar-refractivity contribution in [3.63, 3.8) is 0 Å². The molecule has 4 aliphatic heterocycles. The Kier molecular flexibility index (Phi) is 17.8. The molecule has 0 aliphatic carbocycles. The average Bonchev–Trinajstić information content (AvgIpc) is 4.16. The summed E-state index contributed by atoms with van der Waals surface area (Å²) in [6, 6.07) is 11.7. The zero-order valence-electron chi connectivity index (χ0n) is 46.6. The van der Waals surface area contributed by atoms with E-state index in [0.29, 0.717) is 162 Å². The van der Waals surface area contributed by atoms with E-state index < -0.39 is 53.7 Å². The molecule has 0 bridgehead atoms. The first kappa shape index (κ1) is 60.1. The molecule has 4 N–H and O–H groups in total. The topological polar surface area (TPSA) is 226 Å². The number of likely N-dealkylation sites (tertiary alicyclic amines) is 2. The van der Waals surface area contributed by atoms with E-state index >= 15 is 0 Å². The van der Waals surface area contributed by atoms with Gasteiger partial charge in [0.15, 0.2) is 34.6 Å². The summed E-state index contributed by atoms with van der Waals surface area (Å²) in [6.45, 7) is 9.87. The highest BCUT2D eigenvalue weighted by Gasteiger charge is 2.38. The molecule has 0 amide bonds. The molecule has 6 aromatic rings. The molecule has 4 fully saturated rings. The van der Waals surface area contributed by atoms with Crippen LogP contribution in [0.5, 0.6) is 0 Å². The maximum Gasteiger partial charge on any atom is 0.416 e. The number of hydrogen-bond donors (Lipinski definition) is 3. The number of aliphatic imine (C=N–C) groups is 1. The van der Waals surface area contributed by atoms with Gasteiger partial charge in [-0.25, -0.2) is 31.8 Å². The molecule has 446 valence electrons. The number of ether oxygens (including phenoxy) is 2. The number of rotatable bonds is 14. The lowest BCUT2D eigenvalue weighted by molar-refractivity contribution is -0.139. The fourth-order valence-electron chi connectivity index (χ4n) is 10.7. The van der Waals surface area contributed by atoms with Gasteiger partial charge in [-0.05, 0) is 90.0 Å². The number of alkyl halides is 6. The quantitative estimate of drug-likeness (QED) is 0.0562. The summed E-state index contributed by atoms with van der Waals surface area (Å²) in [5, 5.41) is 15.0. The summed E-state index contributed by atoms with van der Waals surface area (Å²) in [5.74, 6) is 2.13. The highest BCUT2D eigenvalue weighted by atomic mass is 32.2. The lowest BCUT2D eigenvalue weighted by Crippen LogP contribution is -2.39. The number of hydrogen-bond acceptors (Lipinski definition) is 18. The molecule has 10 rings (SSSR count). The number of nitrogens with two attached hydrogens (primary N) is 1. The number of anilines is 7. The van der Waals surface area contributed by atoms with Crippen LogP contribution in [0.15, 0.2) is 53.5 Å². The number of nitrogens with zero attached hydrogens (tertiary/aromatic N) is 12. The van der Waals surface area contributed by atoms with Crippen LogP contribution in [0.4, 0.5) is 72.4 Å². The molecule has 82 heavy (non-hydrogen) atoms. The van der Waals surface area contributed by atoms with Crippen molar-refractivity contribution >= 4 is 83.3 Å².